The minimum atomic E-state index is -0.919. The molecular weight excluding hydrogens is 428 g/mol. The van der Waals surface area contributed by atoms with Crippen molar-refractivity contribution in [2.45, 2.75) is 19.0 Å². The second-order valence-corrected chi connectivity index (χ2v) is 7.85. The Balaban J connectivity index is 1.69. The van der Waals surface area contributed by atoms with Gasteiger partial charge in [-0.25, -0.2) is 4.90 Å². The number of anilines is 1. The van der Waals surface area contributed by atoms with E-state index in [0.717, 1.165) is 10.5 Å². The molecule has 0 aliphatic carbocycles. The van der Waals surface area contributed by atoms with E-state index in [9.17, 15) is 14.4 Å². The third-order valence-corrected chi connectivity index (χ3v) is 5.61. The van der Waals surface area contributed by atoms with Gasteiger partial charge in [0.15, 0.2) is 0 Å². The Kier molecular flexibility index (Phi) is 6.23. The van der Waals surface area contributed by atoms with Gasteiger partial charge < -0.3 is 9.64 Å². The molecule has 3 aromatic carbocycles. The van der Waals surface area contributed by atoms with Gasteiger partial charge in [-0.1, -0.05) is 48.0 Å². The van der Waals surface area contributed by atoms with E-state index in [0.29, 0.717) is 22.0 Å². The van der Waals surface area contributed by atoms with Crippen molar-refractivity contribution in [3.8, 4) is 5.75 Å². The number of imide groups is 1. The maximum Gasteiger partial charge on any atom is 0.257 e. The van der Waals surface area contributed by atoms with Crippen LogP contribution >= 0.6 is 11.6 Å². The summed E-state index contributed by atoms with van der Waals surface area (Å²) < 4.78 is 5.24. The Labute approximate surface area is 191 Å². The summed E-state index contributed by atoms with van der Waals surface area (Å²) in [5.41, 5.74) is 1.67. The summed E-state index contributed by atoms with van der Waals surface area (Å²) in [4.78, 5) is 42.3. The van der Waals surface area contributed by atoms with Crippen LogP contribution in [0.25, 0.3) is 0 Å². The lowest BCUT2D eigenvalue weighted by Crippen LogP contribution is -2.45. The van der Waals surface area contributed by atoms with Gasteiger partial charge in [-0.05, 0) is 48.0 Å². The third-order valence-electron chi connectivity index (χ3n) is 5.36. The summed E-state index contributed by atoms with van der Waals surface area (Å²) in [7, 11) is 1.52. The molecule has 0 bridgehead atoms. The number of ether oxygens (including phenoxy) is 1. The van der Waals surface area contributed by atoms with Crippen molar-refractivity contribution >= 4 is 35.0 Å². The van der Waals surface area contributed by atoms with E-state index in [4.69, 9.17) is 16.3 Å². The molecular formula is C25H21ClN2O4. The van der Waals surface area contributed by atoms with Crippen LogP contribution in [-0.2, 0) is 16.1 Å². The summed E-state index contributed by atoms with van der Waals surface area (Å²) >= 11 is 5.94. The molecule has 0 aromatic heterocycles. The van der Waals surface area contributed by atoms with Crippen LogP contribution in [0.1, 0.15) is 22.3 Å². The van der Waals surface area contributed by atoms with Gasteiger partial charge in [0.25, 0.3) is 11.8 Å². The second kappa shape index (κ2) is 9.24. The molecule has 7 heteroatoms. The molecule has 4 rings (SSSR count). The summed E-state index contributed by atoms with van der Waals surface area (Å²) in [6.45, 7) is 0.190. The molecule has 32 heavy (non-hydrogen) atoms. The number of hydrogen-bond donors (Lipinski definition) is 0. The zero-order valence-corrected chi connectivity index (χ0v) is 18.2. The Bertz CT molecular complexity index is 1150. The van der Waals surface area contributed by atoms with Crippen LogP contribution in [0.5, 0.6) is 5.75 Å². The van der Waals surface area contributed by atoms with Gasteiger partial charge in [-0.3, -0.25) is 14.4 Å². The molecule has 1 unspecified atom stereocenters. The van der Waals surface area contributed by atoms with E-state index >= 15 is 0 Å². The number of hydrogen-bond acceptors (Lipinski definition) is 4. The molecule has 1 atom stereocenters. The lowest BCUT2D eigenvalue weighted by molar-refractivity contribution is -0.122. The fraction of sp³-hybridized carbons (Fsp3) is 0.160. The van der Waals surface area contributed by atoms with E-state index in [1.807, 2.05) is 30.3 Å². The minimum absolute atomic E-state index is 0.0933. The highest BCUT2D eigenvalue weighted by atomic mass is 35.5. The quantitative estimate of drug-likeness (QED) is 0.526. The number of carbonyl (C=O) groups is 3. The monoisotopic (exact) mass is 448 g/mol. The van der Waals surface area contributed by atoms with Crippen LogP contribution in [0, 0.1) is 0 Å². The fourth-order valence-electron chi connectivity index (χ4n) is 3.75. The highest BCUT2D eigenvalue weighted by Crippen LogP contribution is 2.29. The molecule has 1 aliphatic rings. The first-order valence-electron chi connectivity index (χ1n) is 10.1. The fourth-order valence-corrected chi connectivity index (χ4v) is 3.87. The van der Waals surface area contributed by atoms with Crippen molar-refractivity contribution < 1.29 is 19.1 Å². The molecule has 1 aliphatic heterocycles. The van der Waals surface area contributed by atoms with Gasteiger partial charge >= 0.3 is 0 Å². The van der Waals surface area contributed by atoms with Crippen molar-refractivity contribution in [3.05, 3.63) is 95.0 Å². The van der Waals surface area contributed by atoms with E-state index in [2.05, 4.69) is 0 Å². The summed E-state index contributed by atoms with van der Waals surface area (Å²) in [6.07, 6.45) is -0.0933. The molecule has 162 valence electrons. The van der Waals surface area contributed by atoms with Crippen LogP contribution in [0.15, 0.2) is 78.9 Å². The second-order valence-electron chi connectivity index (χ2n) is 7.41. The van der Waals surface area contributed by atoms with Gasteiger partial charge in [0.1, 0.15) is 11.8 Å². The van der Waals surface area contributed by atoms with E-state index in [1.165, 1.54) is 12.0 Å². The van der Waals surface area contributed by atoms with Crippen molar-refractivity contribution in [1.29, 1.82) is 0 Å². The number of nitrogens with zero attached hydrogens (tertiary/aromatic N) is 2. The molecule has 1 saturated heterocycles. The number of halogens is 1. The smallest absolute Gasteiger partial charge is 0.257 e. The molecule has 0 saturated carbocycles. The average Bonchev–Trinajstić information content (AvgIpc) is 3.12. The lowest BCUT2D eigenvalue weighted by Gasteiger charge is -2.28. The summed E-state index contributed by atoms with van der Waals surface area (Å²) in [5, 5.41) is 0.503. The van der Waals surface area contributed by atoms with Gasteiger partial charge in [-0.2, -0.15) is 0 Å². The number of rotatable bonds is 6. The Morgan fingerprint density at radius 2 is 1.75 bits per heavy atom. The van der Waals surface area contributed by atoms with Gasteiger partial charge in [-0.15, -0.1) is 0 Å². The van der Waals surface area contributed by atoms with Crippen molar-refractivity contribution in [1.82, 2.24) is 4.90 Å². The van der Waals surface area contributed by atoms with Gasteiger partial charge in [0.2, 0.25) is 5.91 Å². The SMILES string of the molecule is COc1cccc(C(=O)N(Cc2ccccc2)C2CC(=O)N(c3ccc(Cl)cc3)C2=O)c1. The topological polar surface area (TPSA) is 66.9 Å². The average molecular weight is 449 g/mol. The predicted octanol–water partition coefficient (Wildman–Crippen LogP) is 4.32. The van der Waals surface area contributed by atoms with Crippen molar-refractivity contribution in [2.24, 2.45) is 0 Å². The summed E-state index contributed by atoms with van der Waals surface area (Å²) in [6, 6.07) is 21.7. The zero-order valence-electron chi connectivity index (χ0n) is 17.4. The van der Waals surface area contributed by atoms with Crippen LogP contribution in [0.4, 0.5) is 5.69 Å². The predicted molar refractivity (Wildman–Crippen MR) is 122 cm³/mol. The first kappa shape index (κ1) is 21.6. The largest absolute Gasteiger partial charge is 0.497 e. The Morgan fingerprint density at radius 1 is 1.03 bits per heavy atom. The van der Waals surface area contributed by atoms with E-state index in [-0.39, 0.29) is 24.8 Å². The number of methoxy groups -OCH3 is 1. The normalized spacial score (nSPS) is 15.7. The maximum absolute atomic E-state index is 13.5. The molecule has 1 heterocycles. The van der Waals surface area contributed by atoms with Gasteiger partial charge in [0.05, 0.1) is 19.2 Å². The van der Waals surface area contributed by atoms with E-state index < -0.39 is 11.9 Å². The number of carbonyl (C=O) groups excluding carboxylic acids is 3. The van der Waals surface area contributed by atoms with Crippen LogP contribution in [-0.4, -0.2) is 35.8 Å². The molecule has 0 radical (unpaired) electrons. The Hall–Kier alpha value is -3.64. The lowest BCUT2D eigenvalue weighted by atomic mass is 10.1. The Morgan fingerprint density at radius 3 is 2.44 bits per heavy atom. The van der Waals surface area contributed by atoms with Crippen molar-refractivity contribution in [2.75, 3.05) is 12.0 Å². The highest BCUT2D eigenvalue weighted by Gasteiger charge is 2.44. The minimum Gasteiger partial charge on any atom is -0.497 e. The van der Waals surface area contributed by atoms with Crippen LogP contribution < -0.4 is 9.64 Å². The molecule has 0 spiro atoms. The van der Waals surface area contributed by atoms with Crippen LogP contribution in [0.3, 0.4) is 0 Å². The molecule has 3 amide bonds. The third kappa shape index (κ3) is 4.36. The molecule has 0 N–H and O–H groups in total. The first-order valence-corrected chi connectivity index (χ1v) is 10.5. The number of benzene rings is 3. The first-order chi connectivity index (χ1) is 15.5. The molecule has 3 aromatic rings. The standard InChI is InChI=1S/C25H21ClN2O4/c1-32-21-9-5-8-18(14-21)24(30)27(16-17-6-3-2-4-7-17)22-15-23(29)28(25(22)31)20-12-10-19(26)11-13-20/h2-14,22H,15-16H2,1H3. The highest BCUT2D eigenvalue weighted by molar-refractivity contribution is 6.31. The number of amides is 3. The maximum atomic E-state index is 13.5. The van der Waals surface area contributed by atoms with Gasteiger partial charge in [0, 0.05) is 17.1 Å². The van der Waals surface area contributed by atoms with Crippen molar-refractivity contribution in [3.63, 3.8) is 0 Å². The molecule has 6 nitrogen and oxygen atoms in total. The zero-order chi connectivity index (χ0) is 22.7. The molecule has 1 fully saturated rings. The van der Waals surface area contributed by atoms with E-state index in [1.54, 1.807) is 48.5 Å². The van der Waals surface area contributed by atoms with Crippen LogP contribution in [0.2, 0.25) is 5.02 Å². The summed E-state index contributed by atoms with van der Waals surface area (Å²) in [5.74, 6) is -0.618.